The Labute approximate surface area is 90.1 Å². The van der Waals surface area contributed by atoms with Crippen molar-refractivity contribution < 1.29 is 4.39 Å². The Kier molecular flexibility index (Phi) is 4.40. The molecule has 0 fully saturated rings. The molecule has 0 radical (unpaired) electrons. The normalized spacial score (nSPS) is 12.9. The van der Waals surface area contributed by atoms with E-state index in [0.717, 1.165) is 18.4 Å². The van der Waals surface area contributed by atoms with Crippen LogP contribution in [0.15, 0.2) is 18.2 Å². The SMILES string of the molecule is CCCc1cc(Cl)cc(C(C)CF)c1. The van der Waals surface area contributed by atoms with E-state index in [0.29, 0.717) is 5.02 Å². The van der Waals surface area contributed by atoms with Gasteiger partial charge in [0.1, 0.15) is 0 Å². The van der Waals surface area contributed by atoms with Crippen molar-refractivity contribution in [2.75, 3.05) is 6.67 Å². The van der Waals surface area contributed by atoms with Crippen molar-refractivity contribution in [2.24, 2.45) is 0 Å². The first-order chi connectivity index (χ1) is 6.67. The quantitative estimate of drug-likeness (QED) is 0.699. The van der Waals surface area contributed by atoms with Gasteiger partial charge >= 0.3 is 0 Å². The Balaban J connectivity index is 2.94. The second-order valence-electron chi connectivity index (χ2n) is 3.70. The number of hydrogen-bond donors (Lipinski definition) is 0. The third-order valence-corrected chi connectivity index (χ3v) is 2.54. The van der Waals surface area contributed by atoms with E-state index in [1.807, 2.05) is 19.1 Å². The van der Waals surface area contributed by atoms with Crippen LogP contribution in [0.3, 0.4) is 0 Å². The van der Waals surface area contributed by atoms with Gasteiger partial charge < -0.3 is 0 Å². The molecule has 0 spiro atoms. The van der Waals surface area contributed by atoms with Crippen molar-refractivity contribution in [2.45, 2.75) is 32.6 Å². The maximum atomic E-state index is 12.5. The Morgan fingerprint density at radius 1 is 1.36 bits per heavy atom. The highest BCUT2D eigenvalue weighted by atomic mass is 35.5. The third kappa shape index (κ3) is 2.98. The number of halogens is 2. The van der Waals surface area contributed by atoms with E-state index < -0.39 is 0 Å². The molecule has 78 valence electrons. The molecule has 0 nitrogen and oxygen atoms in total. The van der Waals surface area contributed by atoms with Gasteiger partial charge in [-0.15, -0.1) is 0 Å². The lowest BCUT2D eigenvalue weighted by molar-refractivity contribution is 0.447. The molecule has 1 aromatic rings. The number of rotatable bonds is 4. The van der Waals surface area contributed by atoms with Gasteiger partial charge in [0, 0.05) is 10.9 Å². The molecule has 2 heteroatoms. The van der Waals surface area contributed by atoms with Crippen molar-refractivity contribution in [1.82, 2.24) is 0 Å². The molecule has 0 aliphatic heterocycles. The summed E-state index contributed by atoms with van der Waals surface area (Å²) in [5.41, 5.74) is 2.21. The summed E-state index contributed by atoms with van der Waals surface area (Å²) < 4.78 is 12.5. The lowest BCUT2D eigenvalue weighted by Gasteiger charge is -2.10. The van der Waals surface area contributed by atoms with E-state index in [1.165, 1.54) is 5.56 Å². The zero-order valence-electron chi connectivity index (χ0n) is 8.69. The fourth-order valence-corrected chi connectivity index (χ4v) is 1.75. The fraction of sp³-hybridized carbons (Fsp3) is 0.500. The van der Waals surface area contributed by atoms with Crippen LogP contribution in [0.5, 0.6) is 0 Å². The molecule has 0 aromatic heterocycles. The van der Waals surface area contributed by atoms with E-state index in [-0.39, 0.29) is 12.6 Å². The molecule has 1 rings (SSSR count). The lowest BCUT2D eigenvalue weighted by Crippen LogP contribution is -1.97. The van der Waals surface area contributed by atoms with Crippen LogP contribution >= 0.6 is 11.6 Å². The first-order valence-corrected chi connectivity index (χ1v) is 5.40. The van der Waals surface area contributed by atoms with Gasteiger partial charge in [-0.2, -0.15) is 0 Å². The molecule has 0 saturated heterocycles. The van der Waals surface area contributed by atoms with Crippen molar-refractivity contribution in [3.05, 3.63) is 34.3 Å². The average Bonchev–Trinajstić information content (AvgIpc) is 2.16. The number of alkyl halides is 1. The van der Waals surface area contributed by atoms with Gasteiger partial charge in [-0.3, -0.25) is 4.39 Å². The molecule has 0 aliphatic rings. The smallest absolute Gasteiger partial charge is 0.0960 e. The van der Waals surface area contributed by atoms with Crippen LogP contribution in [0, 0.1) is 0 Å². The highest BCUT2D eigenvalue weighted by Crippen LogP contribution is 2.22. The number of benzene rings is 1. The molecular formula is C12H16ClF. The molecule has 1 unspecified atom stereocenters. The van der Waals surface area contributed by atoms with E-state index in [9.17, 15) is 4.39 Å². The Morgan fingerprint density at radius 2 is 2.07 bits per heavy atom. The molecule has 0 bridgehead atoms. The maximum absolute atomic E-state index is 12.5. The van der Waals surface area contributed by atoms with Crippen LogP contribution < -0.4 is 0 Å². The molecule has 0 saturated carbocycles. The average molecular weight is 215 g/mol. The predicted molar refractivity (Wildman–Crippen MR) is 59.8 cm³/mol. The summed E-state index contributed by atoms with van der Waals surface area (Å²) in [5, 5.41) is 0.714. The van der Waals surface area contributed by atoms with E-state index in [2.05, 4.69) is 13.0 Å². The van der Waals surface area contributed by atoms with Crippen molar-refractivity contribution in [3.8, 4) is 0 Å². The van der Waals surface area contributed by atoms with Crippen LogP contribution in [-0.2, 0) is 6.42 Å². The predicted octanol–water partition coefficient (Wildman–Crippen LogP) is 4.37. The summed E-state index contributed by atoms with van der Waals surface area (Å²) in [5.74, 6) is -0.0516. The van der Waals surface area contributed by atoms with E-state index in [1.54, 1.807) is 0 Å². The van der Waals surface area contributed by atoms with Gasteiger partial charge in [-0.25, -0.2) is 0 Å². The lowest BCUT2D eigenvalue weighted by atomic mass is 9.99. The van der Waals surface area contributed by atoms with Crippen molar-refractivity contribution in [3.63, 3.8) is 0 Å². The van der Waals surface area contributed by atoms with Gasteiger partial charge in [-0.05, 0) is 29.7 Å². The van der Waals surface area contributed by atoms with Crippen LogP contribution in [-0.4, -0.2) is 6.67 Å². The molecule has 0 heterocycles. The molecule has 1 aromatic carbocycles. The third-order valence-electron chi connectivity index (χ3n) is 2.32. The van der Waals surface area contributed by atoms with Crippen molar-refractivity contribution in [1.29, 1.82) is 0 Å². The van der Waals surface area contributed by atoms with Crippen LogP contribution in [0.1, 0.15) is 37.3 Å². The zero-order valence-corrected chi connectivity index (χ0v) is 9.44. The summed E-state index contributed by atoms with van der Waals surface area (Å²) in [6, 6.07) is 5.87. The largest absolute Gasteiger partial charge is 0.250 e. The second-order valence-corrected chi connectivity index (χ2v) is 4.13. The van der Waals surface area contributed by atoms with E-state index in [4.69, 9.17) is 11.6 Å². The summed E-state index contributed by atoms with van der Waals surface area (Å²) in [6.45, 7) is 3.67. The van der Waals surface area contributed by atoms with Crippen LogP contribution in [0.4, 0.5) is 4.39 Å². The monoisotopic (exact) mass is 214 g/mol. The van der Waals surface area contributed by atoms with E-state index >= 15 is 0 Å². The Bertz CT molecular complexity index is 296. The minimum Gasteiger partial charge on any atom is -0.250 e. The van der Waals surface area contributed by atoms with Gasteiger partial charge in [0.2, 0.25) is 0 Å². The molecule has 0 amide bonds. The first kappa shape index (κ1) is 11.5. The van der Waals surface area contributed by atoms with Crippen LogP contribution in [0.25, 0.3) is 0 Å². The van der Waals surface area contributed by atoms with Gasteiger partial charge in [0.05, 0.1) is 6.67 Å². The topological polar surface area (TPSA) is 0 Å². The highest BCUT2D eigenvalue weighted by molar-refractivity contribution is 6.30. The van der Waals surface area contributed by atoms with Gasteiger partial charge in [-0.1, -0.05) is 37.9 Å². The minimum atomic E-state index is -0.327. The second kappa shape index (κ2) is 5.35. The van der Waals surface area contributed by atoms with Gasteiger partial charge in [0.15, 0.2) is 0 Å². The fourth-order valence-electron chi connectivity index (χ4n) is 1.48. The molecular weight excluding hydrogens is 199 g/mol. The standard InChI is InChI=1S/C12H16ClF/c1-3-4-10-5-11(9(2)8-14)7-12(13)6-10/h5-7,9H,3-4,8H2,1-2H3. The molecule has 0 N–H and O–H groups in total. The molecule has 1 atom stereocenters. The molecule has 14 heavy (non-hydrogen) atoms. The minimum absolute atomic E-state index is 0.0516. The number of hydrogen-bond acceptors (Lipinski definition) is 0. The highest BCUT2D eigenvalue weighted by Gasteiger charge is 2.07. The summed E-state index contributed by atoms with van der Waals surface area (Å²) in [7, 11) is 0. The summed E-state index contributed by atoms with van der Waals surface area (Å²) >= 11 is 5.96. The Morgan fingerprint density at radius 3 is 2.64 bits per heavy atom. The van der Waals surface area contributed by atoms with Gasteiger partial charge in [0.25, 0.3) is 0 Å². The summed E-state index contributed by atoms with van der Waals surface area (Å²) in [6.07, 6.45) is 2.09. The van der Waals surface area contributed by atoms with Crippen molar-refractivity contribution >= 4 is 11.6 Å². The molecule has 0 aliphatic carbocycles. The summed E-state index contributed by atoms with van der Waals surface area (Å²) in [4.78, 5) is 0. The Hall–Kier alpha value is -0.560. The van der Waals surface area contributed by atoms with Crippen LogP contribution in [0.2, 0.25) is 5.02 Å². The first-order valence-electron chi connectivity index (χ1n) is 5.02. The number of aryl methyl sites for hydroxylation is 1. The maximum Gasteiger partial charge on any atom is 0.0960 e. The zero-order chi connectivity index (χ0) is 10.6.